The first-order chi connectivity index (χ1) is 16.9. The fourth-order valence-electron chi connectivity index (χ4n) is 3.97. The second kappa shape index (κ2) is 9.47. The molecule has 180 valence electrons. The number of oxazole rings is 1. The predicted molar refractivity (Wildman–Crippen MR) is 123 cm³/mol. The van der Waals surface area contributed by atoms with Gasteiger partial charge in [-0.2, -0.15) is 13.2 Å². The summed E-state index contributed by atoms with van der Waals surface area (Å²) >= 11 is 0. The summed E-state index contributed by atoms with van der Waals surface area (Å²) in [4.78, 5) is 24.0. The van der Waals surface area contributed by atoms with E-state index in [1.165, 1.54) is 24.3 Å². The molecule has 35 heavy (non-hydrogen) atoms. The Morgan fingerprint density at radius 3 is 2.54 bits per heavy atom. The molecule has 0 bridgehead atoms. The van der Waals surface area contributed by atoms with Crippen molar-refractivity contribution in [3.8, 4) is 11.5 Å². The van der Waals surface area contributed by atoms with E-state index in [0.29, 0.717) is 25.6 Å². The molecule has 1 aliphatic rings. The SMILES string of the molecule is O=C(Nc1cccc(CN2CCOCC2)n1)c1cccc2oc(-c3ccccc3C(F)(F)F)nc12. The molecule has 2 aromatic carbocycles. The number of ether oxygens (including phenoxy) is 1. The zero-order chi connectivity index (χ0) is 24.4. The van der Waals surface area contributed by atoms with Gasteiger partial charge in [0.2, 0.25) is 5.89 Å². The maximum Gasteiger partial charge on any atom is 0.417 e. The first kappa shape index (κ1) is 23.0. The quantitative estimate of drug-likeness (QED) is 0.432. The maximum atomic E-state index is 13.5. The van der Waals surface area contributed by atoms with Crippen LogP contribution in [0.4, 0.5) is 19.0 Å². The summed E-state index contributed by atoms with van der Waals surface area (Å²) in [5.41, 5.74) is 0.289. The highest BCUT2D eigenvalue weighted by atomic mass is 19.4. The van der Waals surface area contributed by atoms with Crippen LogP contribution in [-0.4, -0.2) is 47.1 Å². The molecule has 0 atom stereocenters. The lowest BCUT2D eigenvalue weighted by Crippen LogP contribution is -2.35. The Bertz CT molecular complexity index is 1360. The lowest BCUT2D eigenvalue weighted by molar-refractivity contribution is -0.137. The van der Waals surface area contributed by atoms with E-state index in [4.69, 9.17) is 9.15 Å². The number of carbonyl (C=O) groups excluding carboxylic acids is 1. The Kier molecular flexibility index (Phi) is 6.23. The van der Waals surface area contributed by atoms with Gasteiger partial charge in [0, 0.05) is 25.2 Å². The third kappa shape index (κ3) is 5.03. The first-order valence-corrected chi connectivity index (χ1v) is 11.0. The van der Waals surface area contributed by atoms with Crippen molar-refractivity contribution in [3.05, 3.63) is 77.5 Å². The molecule has 0 radical (unpaired) electrons. The topological polar surface area (TPSA) is 80.5 Å². The van der Waals surface area contributed by atoms with Crippen LogP contribution in [0.2, 0.25) is 0 Å². The molecular weight excluding hydrogens is 461 g/mol. The predicted octanol–water partition coefficient (Wildman–Crippen LogP) is 4.99. The molecule has 0 aliphatic carbocycles. The molecule has 0 spiro atoms. The summed E-state index contributed by atoms with van der Waals surface area (Å²) in [5.74, 6) is -0.335. The summed E-state index contributed by atoms with van der Waals surface area (Å²) in [5, 5.41) is 2.76. The van der Waals surface area contributed by atoms with Crippen LogP contribution in [0.5, 0.6) is 0 Å². The minimum absolute atomic E-state index is 0.168. The van der Waals surface area contributed by atoms with Crippen LogP contribution in [0, 0.1) is 0 Å². The van der Waals surface area contributed by atoms with Crippen molar-refractivity contribution in [2.75, 3.05) is 31.6 Å². The molecule has 3 heterocycles. The van der Waals surface area contributed by atoms with E-state index in [-0.39, 0.29) is 28.1 Å². The number of halogens is 3. The number of morpholine rings is 1. The van der Waals surface area contributed by atoms with Gasteiger partial charge >= 0.3 is 6.18 Å². The number of carbonyl (C=O) groups is 1. The van der Waals surface area contributed by atoms with Crippen molar-refractivity contribution in [2.24, 2.45) is 0 Å². The summed E-state index contributed by atoms with van der Waals surface area (Å²) in [6.07, 6.45) is -4.57. The molecular formula is C25H21F3N4O3. The van der Waals surface area contributed by atoms with Crippen LogP contribution in [0.3, 0.4) is 0 Å². The number of aromatic nitrogens is 2. The monoisotopic (exact) mass is 482 g/mol. The zero-order valence-corrected chi connectivity index (χ0v) is 18.5. The molecule has 5 rings (SSSR count). The van der Waals surface area contributed by atoms with E-state index >= 15 is 0 Å². The number of rotatable bonds is 5. The number of nitrogens with zero attached hydrogens (tertiary/aromatic N) is 3. The van der Waals surface area contributed by atoms with E-state index in [1.807, 2.05) is 6.07 Å². The molecule has 1 aliphatic heterocycles. The van der Waals surface area contributed by atoms with Gasteiger partial charge in [-0.05, 0) is 36.4 Å². The minimum Gasteiger partial charge on any atom is -0.436 e. The van der Waals surface area contributed by atoms with Gasteiger partial charge in [-0.1, -0.05) is 24.3 Å². The normalized spacial score (nSPS) is 14.8. The number of alkyl halides is 3. The van der Waals surface area contributed by atoms with Crippen LogP contribution >= 0.6 is 0 Å². The van der Waals surface area contributed by atoms with Crippen molar-refractivity contribution in [1.29, 1.82) is 0 Å². The second-order valence-corrected chi connectivity index (χ2v) is 8.07. The summed E-state index contributed by atoms with van der Waals surface area (Å²) in [6, 6.07) is 15.1. The zero-order valence-electron chi connectivity index (χ0n) is 18.5. The Balaban J connectivity index is 1.41. The maximum absolute atomic E-state index is 13.5. The number of hydrogen-bond donors (Lipinski definition) is 1. The standard InChI is InChI=1S/C25H21F3N4O3/c26-25(27,28)19-8-2-1-6-17(19)24-31-22-18(7-4-9-20(22)35-24)23(33)30-21-10-3-5-16(29-21)15-32-11-13-34-14-12-32/h1-10H,11-15H2,(H,29,30,33). The smallest absolute Gasteiger partial charge is 0.417 e. The van der Waals surface area contributed by atoms with Crippen molar-refractivity contribution < 1.29 is 27.1 Å². The third-order valence-corrected chi connectivity index (χ3v) is 5.66. The van der Waals surface area contributed by atoms with Crippen LogP contribution in [0.25, 0.3) is 22.6 Å². The van der Waals surface area contributed by atoms with E-state index in [9.17, 15) is 18.0 Å². The number of benzene rings is 2. The summed E-state index contributed by atoms with van der Waals surface area (Å²) in [6.45, 7) is 3.60. The van der Waals surface area contributed by atoms with Crippen LogP contribution < -0.4 is 5.32 Å². The van der Waals surface area contributed by atoms with Crippen molar-refractivity contribution in [2.45, 2.75) is 12.7 Å². The van der Waals surface area contributed by atoms with Gasteiger partial charge in [0.25, 0.3) is 5.91 Å². The van der Waals surface area contributed by atoms with Gasteiger partial charge in [0.15, 0.2) is 5.58 Å². The lowest BCUT2D eigenvalue weighted by atomic mass is 10.1. The van der Waals surface area contributed by atoms with E-state index < -0.39 is 17.6 Å². The van der Waals surface area contributed by atoms with Gasteiger partial charge in [-0.25, -0.2) is 9.97 Å². The molecule has 1 amide bonds. The van der Waals surface area contributed by atoms with Gasteiger partial charge in [0.1, 0.15) is 11.3 Å². The third-order valence-electron chi connectivity index (χ3n) is 5.66. The molecule has 10 heteroatoms. The molecule has 7 nitrogen and oxygen atoms in total. The summed E-state index contributed by atoms with van der Waals surface area (Å²) < 4.78 is 51.4. The Morgan fingerprint density at radius 2 is 1.74 bits per heavy atom. The highest BCUT2D eigenvalue weighted by Crippen LogP contribution is 2.37. The van der Waals surface area contributed by atoms with Gasteiger partial charge < -0.3 is 14.5 Å². The Hall–Kier alpha value is -3.76. The second-order valence-electron chi connectivity index (χ2n) is 8.07. The number of nitrogens with one attached hydrogen (secondary N) is 1. The largest absolute Gasteiger partial charge is 0.436 e. The molecule has 0 saturated carbocycles. The van der Waals surface area contributed by atoms with E-state index in [1.54, 1.807) is 24.3 Å². The fourth-order valence-corrected chi connectivity index (χ4v) is 3.97. The molecule has 0 unspecified atom stereocenters. The average molecular weight is 482 g/mol. The Labute approximate surface area is 198 Å². The highest BCUT2D eigenvalue weighted by Gasteiger charge is 2.34. The molecule has 1 fully saturated rings. The fraction of sp³-hybridized carbons (Fsp3) is 0.240. The van der Waals surface area contributed by atoms with Crippen molar-refractivity contribution >= 4 is 22.8 Å². The van der Waals surface area contributed by atoms with Gasteiger partial charge in [-0.15, -0.1) is 0 Å². The number of anilines is 1. The van der Waals surface area contributed by atoms with Crippen LogP contribution in [0.15, 0.2) is 65.1 Å². The van der Waals surface area contributed by atoms with Crippen LogP contribution in [-0.2, 0) is 17.5 Å². The lowest BCUT2D eigenvalue weighted by Gasteiger charge is -2.26. The van der Waals surface area contributed by atoms with E-state index in [0.717, 1.165) is 24.8 Å². The van der Waals surface area contributed by atoms with Crippen molar-refractivity contribution in [3.63, 3.8) is 0 Å². The van der Waals surface area contributed by atoms with Crippen LogP contribution in [0.1, 0.15) is 21.6 Å². The first-order valence-electron chi connectivity index (χ1n) is 11.0. The number of pyridine rings is 1. The number of para-hydroxylation sites is 1. The summed E-state index contributed by atoms with van der Waals surface area (Å²) in [7, 11) is 0. The molecule has 1 N–H and O–H groups in total. The van der Waals surface area contributed by atoms with Gasteiger partial charge in [-0.3, -0.25) is 9.69 Å². The average Bonchev–Trinajstić information content (AvgIpc) is 3.29. The number of amides is 1. The number of fused-ring (bicyclic) bond motifs is 1. The van der Waals surface area contributed by atoms with Crippen molar-refractivity contribution in [1.82, 2.24) is 14.9 Å². The van der Waals surface area contributed by atoms with E-state index in [2.05, 4.69) is 20.2 Å². The number of hydrogen-bond acceptors (Lipinski definition) is 6. The molecule has 2 aromatic heterocycles. The van der Waals surface area contributed by atoms with Gasteiger partial charge in [0.05, 0.1) is 30.0 Å². The highest BCUT2D eigenvalue weighted by molar-refractivity contribution is 6.11. The Morgan fingerprint density at radius 1 is 0.971 bits per heavy atom. The molecule has 1 saturated heterocycles. The minimum atomic E-state index is -4.57. The molecule has 4 aromatic rings.